The van der Waals surface area contributed by atoms with Crippen LogP contribution in [0.4, 0.5) is 0 Å². The molecular weight excluding hydrogens is 328 g/mol. The van der Waals surface area contributed by atoms with E-state index in [0.717, 1.165) is 0 Å². The number of imidazole rings is 1. The molecule has 0 unspecified atom stereocenters. The zero-order valence-corrected chi connectivity index (χ0v) is 12.6. The van der Waals surface area contributed by atoms with Crippen LogP contribution in [0.5, 0.6) is 0 Å². The van der Waals surface area contributed by atoms with Gasteiger partial charge < -0.3 is 5.11 Å². The lowest BCUT2D eigenvalue weighted by Gasteiger charge is -2.04. The summed E-state index contributed by atoms with van der Waals surface area (Å²) in [5.74, 6) is -1.28. The van der Waals surface area contributed by atoms with E-state index in [9.17, 15) is 14.4 Å². The van der Waals surface area contributed by atoms with Crippen molar-refractivity contribution in [2.75, 3.05) is 0 Å². The number of hydrogen-bond donors (Lipinski definition) is 1. The first-order chi connectivity index (χ1) is 9.32. The smallest absolute Gasteiger partial charge is 0.328 e. The Morgan fingerprint density at radius 3 is 2.25 bits per heavy atom. The topological polar surface area (TPSA) is 81.3 Å². The van der Waals surface area contributed by atoms with Gasteiger partial charge in [0, 0.05) is 30.6 Å². The van der Waals surface area contributed by atoms with Crippen molar-refractivity contribution < 1.29 is 14.7 Å². The molecule has 0 aliphatic carbocycles. The number of halogens is 1. The second-order valence-electron chi connectivity index (χ2n) is 4.54. The van der Waals surface area contributed by atoms with Crippen molar-refractivity contribution in [3.8, 4) is 0 Å². The van der Waals surface area contributed by atoms with Crippen LogP contribution in [0.2, 0.25) is 0 Å². The van der Waals surface area contributed by atoms with Gasteiger partial charge in [-0.25, -0.2) is 4.79 Å². The first-order valence-corrected chi connectivity index (χ1v) is 6.72. The number of fused-ring (bicyclic) bond motifs is 1. The Labute approximate surface area is 122 Å². The van der Waals surface area contributed by atoms with Gasteiger partial charge in [0.25, 0.3) is 0 Å². The van der Waals surface area contributed by atoms with Crippen molar-refractivity contribution in [2.45, 2.75) is 12.8 Å². The Bertz CT molecular complexity index is 773. The Morgan fingerprint density at radius 1 is 1.15 bits per heavy atom. The van der Waals surface area contributed by atoms with Gasteiger partial charge in [-0.2, -0.15) is 0 Å². The predicted molar refractivity (Wildman–Crippen MR) is 77.1 cm³/mol. The molecule has 0 aliphatic rings. The van der Waals surface area contributed by atoms with Gasteiger partial charge in [0.1, 0.15) is 0 Å². The Balaban J connectivity index is 2.53. The van der Waals surface area contributed by atoms with E-state index in [4.69, 9.17) is 5.11 Å². The summed E-state index contributed by atoms with van der Waals surface area (Å²) >= 11 is 3.30. The molecule has 2 aromatic rings. The van der Waals surface area contributed by atoms with Crippen LogP contribution in [0.1, 0.15) is 23.2 Å². The van der Waals surface area contributed by atoms with E-state index in [1.165, 1.54) is 9.13 Å². The molecule has 0 bridgehead atoms. The molecule has 1 aromatic carbocycles. The number of carbonyl (C=O) groups excluding carboxylic acids is 1. The Kier molecular flexibility index (Phi) is 3.80. The molecule has 0 fully saturated rings. The lowest BCUT2D eigenvalue weighted by Crippen LogP contribution is -2.19. The van der Waals surface area contributed by atoms with Crippen LogP contribution in [-0.2, 0) is 18.9 Å². The number of carboxylic acid groups (broad SMARTS) is 1. The van der Waals surface area contributed by atoms with Crippen molar-refractivity contribution in [1.29, 1.82) is 0 Å². The van der Waals surface area contributed by atoms with E-state index in [1.807, 2.05) is 0 Å². The van der Waals surface area contributed by atoms with E-state index < -0.39 is 5.97 Å². The van der Waals surface area contributed by atoms with Crippen LogP contribution in [0, 0.1) is 0 Å². The third-order valence-corrected chi connectivity index (χ3v) is 3.88. The highest BCUT2D eigenvalue weighted by Gasteiger charge is 2.16. The average Bonchev–Trinajstić information content (AvgIpc) is 2.60. The van der Waals surface area contributed by atoms with E-state index in [2.05, 4.69) is 15.9 Å². The van der Waals surface area contributed by atoms with E-state index in [0.29, 0.717) is 21.1 Å². The van der Waals surface area contributed by atoms with Gasteiger partial charge in [-0.3, -0.25) is 18.7 Å². The quantitative estimate of drug-likeness (QED) is 0.858. The first-order valence-electron chi connectivity index (χ1n) is 5.93. The summed E-state index contributed by atoms with van der Waals surface area (Å²) in [5.41, 5.74) is 1.56. The lowest BCUT2D eigenvalue weighted by molar-refractivity contribution is -0.136. The fraction of sp³-hybridized carbons (Fsp3) is 0.308. The van der Waals surface area contributed by atoms with Crippen LogP contribution >= 0.6 is 15.9 Å². The minimum absolute atomic E-state index is 0.0692. The van der Waals surface area contributed by atoms with E-state index >= 15 is 0 Å². The summed E-state index contributed by atoms with van der Waals surface area (Å²) in [6.45, 7) is 0. The van der Waals surface area contributed by atoms with Gasteiger partial charge >= 0.3 is 11.7 Å². The number of ketones is 1. The third-order valence-electron chi connectivity index (χ3n) is 3.23. The van der Waals surface area contributed by atoms with Gasteiger partial charge in [-0.05, 0) is 28.1 Å². The van der Waals surface area contributed by atoms with Crippen LogP contribution in [0.15, 0.2) is 21.4 Å². The van der Waals surface area contributed by atoms with Gasteiger partial charge in [-0.1, -0.05) is 0 Å². The minimum atomic E-state index is -1.01. The van der Waals surface area contributed by atoms with Gasteiger partial charge in [0.15, 0.2) is 5.78 Å². The maximum Gasteiger partial charge on any atom is 0.328 e. The van der Waals surface area contributed by atoms with Crippen LogP contribution < -0.4 is 5.69 Å². The number of aryl methyl sites for hydroxylation is 2. The first kappa shape index (κ1) is 14.5. The second kappa shape index (κ2) is 5.24. The minimum Gasteiger partial charge on any atom is -0.481 e. The number of hydrogen-bond acceptors (Lipinski definition) is 3. The molecule has 0 saturated heterocycles. The van der Waals surface area contributed by atoms with Crippen LogP contribution in [0.3, 0.4) is 0 Å². The molecule has 0 saturated carbocycles. The largest absolute Gasteiger partial charge is 0.481 e. The third kappa shape index (κ3) is 2.40. The molecule has 1 heterocycles. The second-order valence-corrected chi connectivity index (χ2v) is 5.39. The molecule has 1 aromatic heterocycles. The summed E-state index contributed by atoms with van der Waals surface area (Å²) in [6.07, 6.45) is -0.281. The lowest BCUT2D eigenvalue weighted by atomic mass is 10.1. The fourth-order valence-corrected chi connectivity index (χ4v) is 2.64. The monoisotopic (exact) mass is 340 g/mol. The Hall–Kier alpha value is -1.89. The summed E-state index contributed by atoms with van der Waals surface area (Å²) < 4.78 is 3.50. The zero-order chi connectivity index (χ0) is 15.0. The summed E-state index contributed by atoms with van der Waals surface area (Å²) in [6, 6.07) is 3.32. The molecule has 0 amide bonds. The number of carbonyl (C=O) groups is 2. The molecule has 7 heteroatoms. The normalized spacial score (nSPS) is 10.9. The molecule has 0 atom stereocenters. The number of benzene rings is 1. The highest BCUT2D eigenvalue weighted by Crippen LogP contribution is 2.25. The number of nitrogens with zero attached hydrogens (tertiary/aromatic N) is 2. The molecule has 1 N–H and O–H groups in total. The van der Waals surface area contributed by atoms with Crippen LogP contribution in [0.25, 0.3) is 11.0 Å². The molecule has 2 rings (SSSR count). The van der Waals surface area contributed by atoms with Crippen molar-refractivity contribution in [1.82, 2.24) is 9.13 Å². The SMILES string of the molecule is Cn1c(=O)n(C)c2cc(C(=O)CCC(=O)O)c(Br)cc21. The number of aliphatic carboxylic acids is 1. The fourth-order valence-electron chi connectivity index (χ4n) is 2.09. The molecular formula is C13H13BrN2O4. The highest BCUT2D eigenvalue weighted by atomic mass is 79.9. The van der Waals surface area contributed by atoms with Crippen molar-refractivity contribution in [3.05, 3.63) is 32.7 Å². The maximum atomic E-state index is 12.0. The van der Waals surface area contributed by atoms with Crippen molar-refractivity contribution >= 4 is 38.7 Å². The molecule has 0 spiro atoms. The summed E-state index contributed by atoms with van der Waals surface area (Å²) in [7, 11) is 3.28. The van der Waals surface area contributed by atoms with Gasteiger partial charge in [-0.15, -0.1) is 0 Å². The standard InChI is InChI=1S/C13H13BrN2O4/c1-15-9-5-7(11(17)3-4-12(18)19)8(14)6-10(9)16(2)13(15)20/h5-6H,3-4H2,1-2H3,(H,18,19). The van der Waals surface area contributed by atoms with E-state index in [1.54, 1.807) is 26.2 Å². The Morgan fingerprint density at radius 2 is 1.70 bits per heavy atom. The molecule has 0 aliphatic heterocycles. The number of carboxylic acids is 1. The predicted octanol–water partition coefficient (Wildman–Crippen LogP) is 1.69. The number of aromatic nitrogens is 2. The number of rotatable bonds is 4. The number of Topliss-reactive ketones (excluding diaryl/α,β-unsaturated/α-hetero) is 1. The molecule has 6 nitrogen and oxygen atoms in total. The van der Waals surface area contributed by atoms with Crippen LogP contribution in [-0.4, -0.2) is 26.0 Å². The zero-order valence-electron chi connectivity index (χ0n) is 11.0. The summed E-state index contributed by atoms with van der Waals surface area (Å²) in [5, 5.41) is 8.62. The summed E-state index contributed by atoms with van der Waals surface area (Å²) in [4.78, 5) is 34.4. The van der Waals surface area contributed by atoms with Crippen molar-refractivity contribution in [3.63, 3.8) is 0 Å². The van der Waals surface area contributed by atoms with Gasteiger partial charge in [0.05, 0.1) is 17.5 Å². The molecule has 0 radical (unpaired) electrons. The highest BCUT2D eigenvalue weighted by molar-refractivity contribution is 9.10. The van der Waals surface area contributed by atoms with E-state index in [-0.39, 0.29) is 24.3 Å². The molecule has 20 heavy (non-hydrogen) atoms. The average molecular weight is 341 g/mol. The van der Waals surface area contributed by atoms with Crippen molar-refractivity contribution in [2.24, 2.45) is 14.1 Å². The maximum absolute atomic E-state index is 12.0. The molecule has 106 valence electrons. The van der Waals surface area contributed by atoms with Gasteiger partial charge in [0.2, 0.25) is 0 Å².